The minimum Gasteiger partial charge on any atom is -0.319 e. The quantitative estimate of drug-likeness (QED) is 0.693. The van der Waals surface area contributed by atoms with Crippen LogP contribution in [0.5, 0.6) is 0 Å². The molecule has 1 aliphatic rings. The Morgan fingerprint density at radius 3 is 2.68 bits per heavy atom. The lowest BCUT2D eigenvalue weighted by Gasteiger charge is -2.18. The predicted octanol–water partition coefficient (Wildman–Crippen LogP) is 4.63. The van der Waals surface area contributed by atoms with Crippen LogP contribution in [0.3, 0.4) is 0 Å². The van der Waals surface area contributed by atoms with Gasteiger partial charge in [-0.25, -0.2) is 0 Å². The maximum atomic E-state index is 6.03. The van der Waals surface area contributed by atoms with Crippen molar-refractivity contribution in [3.8, 4) is 5.69 Å². The highest BCUT2D eigenvalue weighted by molar-refractivity contribution is 6.30. The number of fused-ring (bicyclic) bond motifs is 3. The molecular formula is C19H17ClN2. The molecule has 1 atom stereocenters. The zero-order valence-electron chi connectivity index (χ0n) is 12.4. The molecule has 4 rings (SSSR count). The van der Waals surface area contributed by atoms with Crippen LogP contribution in [0.2, 0.25) is 5.02 Å². The average molecular weight is 309 g/mol. The smallest absolute Gasteiger partial charge is 0.0737 e. The zero-order valence-corrected chi connectivity index (χ0v) is 13.1. The van der Waals surface area contributed by atoms with Gasteiger partial charge in [0.2, 0.25) is 0 Å². The van der Waals surface area contributed by atoms with Crippen molar-refractivity contribution in [3.05, 3.63) is 88.2 Å². The largest absolute Gasteiger partial charge is 0.319 e. The minimum atomic E-state index is 0.166. The molecule has 1 N–H and O–H groups in total. The van der Waals surface area contributed by atoms with E-state index in [-0.39, 0.29) is 6.04 Å². The van der Waals surface area contributed by atoms with E-state index >= 15 is 0 Å². The van der Waals surface area contributed by atoms with Gasteiger partial charge in [0.05, 0.1) is 11.7 Å². The second kappa shape index (κ2) is 5.31. The molecule has 3 heteroatoms. The number of nitrogens with zero attached hydrogens (tertiary/aromatic N) is 1. The third-order valence-electron chi connectivity index (χ3n) is 4.41. The number of hydrogen-bond acceptors (Lipinski definition) is 1. The van der Waals surface area contributed by atoms with Gasteiger partial charge in [0.1, 0.15) is 0 Å². The van der Waals surface area contributed by atoms with Gasteiger partial charge >= 0.3 is 0 Å². The first kappa shape index (κ1) is 13.6. The van der Waals surface area contributed by atoms with Crippen molar-refractivity contribution in [2.45, 2.75) is 19.5 Å². The van der Waals surface area contributed by atoms with Gasteiger partial charge in [-0.05, 0) is 53.9 Å². The first-order chi connectivity index (χ1) is 10.7. The fraction of sp³-hybridized carbons (Fsp3) is 0.158. The van der Waals surface area contributed by atoms with Gasteiger partial charge in [-0.3, -0.25) is 0 Å². The SMILES string of the molecule is Cc1cccc2c1CNC(c1ccc(Cl)cc1)c1cccn1-2. The van der Waals surface area contributed by atoms with Crippen molar-refractivity contribution in [1.82, 2.24) is 9.88 Å². The molecule has 1 aromatic heterocycles. The molecule has 0 aliphatic carbocycles. The summed E-state index contributed by atoms with van der Waals surface area (Å²) >= 11 is 6.03. The molecule has 1 unspecified atom stereocenters. The van der Waals surface area contributed by atoms with Gasteiger partial charge in [-0.15, -0.1) is 0 Å². The molecule has 110 valence electrons. The molecule has 0 radical (unpaired) electrons. The Morgan fingerprint density at radius 1 is 1.05 bits per heavy atom. The molecule has 3 aromatic rings. The lowest BCUT2D eigenvalue weighted by Crippen LogP contribution is -2.21. The standard InChI is InChI=1S/C19H17ClN2/c1-13-4-2-5-17-16(13)12-21-19(18-6-3-11-22(17)18)14-7-9-15(20)10-8-14/h2-11,19,21H,12H2,1H3. The van der Waals surface area contributed by atoms with E-state index in [4.69, 9.17) is 11.6 Å². The maximum Gasteiger partial charge on any atom is 0.0737 e. The van der Waals surface area contributed by atoms with Crippen LogP contribution >= 0.6 is 11.6 Å². The van der Waals surface area contributed by atoms with Crippen LogP contribution in [-0.4, -0.2) is 4.57 Å². The summed E-state index contributed by atoms with van der Waals surface area (Å²) < 4.78 is 2.29. The maximum absolute atomic E-state index is 6.03. The first-order valence-electron chi connectivity index (χ1n) is 7.49. The summed E-state index contributed by atoms with van der Waals surface area (Å²) in [4.78, 5) is 0. The lowest BCUT2D eigenvalue weighted by atomic mass is 10.0. The Labute approximate surface area is 135 Å². The number of benzene rings is 2. The van der Waals surface area contributed by atoms with Crippen molar-refractivity contribution in [3.63, 3.8) is 0 Å². The minimum absolute atomic E-state index is 0.166. The van der Waals surface area contributed by atoms with Gasteiger partial charge in [0, 0.05) is 23.5 Å². The van der Waals surface area contributed by atoms with E-state index in [0.717, 1.165) is 11.6 Å². The van der Waals surface area contributed by atoms with Crippen molar-refractivity contribution in [1.29, 1.82) is 0 Å². The normalized spacial score (nSPS) is 16.7. The molecule has 0 bridgehead atoms. The molecule has 0 fully saturated rings. The molecule has 22 heavy (non-hydrogen) atoms. The summed E-state index contributed by atoms with van der Waals surface area (Å²) in [7, 11) is 0. The van der Waals surface area contributed by atoms with Crippen LogP contribution in [0.25, 0.3) is 5.69 Å². The summed E-state index contributed by atoms with van der Waals surface area (Å²) in [5.74, 6) is 0. The van der Waals surface area contributed by atoms with E-state index in [0.29, 0.717) is 0 Å². The van der Waals surface area contributed by atoms with Crippen molar-refractivity contribution >= 4 is 11.6 Å². The Morgan fingerprint density at radius 2 is 1.86 bits per heavy atom. The van der Waals surface area contributed by atoms with Crippen LogP contribution in [0.15, 0.2) is 60.8 Å². The fourth-order valence-electron chi connectivity index (χ4n) is 3.24. The van der Waals surface area contributed by atoms with E-state index in [1.54, 1.807) is 0 Å². The highest BCUT2D eigenvalue weighted by Gasteiger charge is 2.23. The summed E-state index contributed by atoms with van der Waals surface area (Å²) in [5, 5.41) is 4.46. The fourth-order valence-corrected chi connectivity index (χ4v) is 3.37. The average Bonchev–Trinajstić information content (AvgIpc) is 2.94. The van der Waals surface area contributed by atoms with Crippen LogP contribution in [0.4, 0.5) is 0 Å². The number of halogens is 1. The summed E-state index contributed by atoms with van der Waals surface area (Å²) in [6.45, 7) is 3.03. The van der Waals surface area contributed by atoms with Crippen LogP contribution in [0.1, 0.15) is 28.4 Å². The number of aromatic nitrogens is 1. The molecular weight excluding hydrogens is 292 g/mol. The van der Waals surface area contributed by atoms with E-state index in [1.807, 2.05) is 12.1 Å². The number of rotatable bonds is 1. The Bertz CT molecular complexity index is 818. The molecule has 2 heterocycles. The zero-order chi connectivity index (χ0) is 15.1. The van der Waals surface area contributed by atoms with Crippen molar-refractivity contribution in [2.24, 2.45) is 0 Å². The number of hydrogen-bond donors (Lipinski definition) is 1. The first-order valence-corrected chi connectivity index (χ1v) is 7.87. The molecule has 2 aromatic carbocycles. The highest BCUT2D eigenvalue weighted by Crippen LogP contribution is 2.31. The highest BCUT2D eigenvalue weighted by atomic mass is 35.5. The monoisotopic (exact) mass is 308 g/mol. The van der Waals surface area contributed by atoms with E-state index in [2.05, 4.69) is 65.5 Å². The van der Waals surface area contributed by atoms with Gasteiger partial charge in [0.15, 0.2) is 0 Å². The van der Waals surface area contributed by atoms with E-state index < -0.39 is 0 Å². The van der Waals surface area contributed by atoms with Gasteiger partial charge in [0.25, 0.3) is 0 Å². The summed E-state index contributed by atoms with van der Waals surface area (Å²) in [6.07, 6.45) is 2.14. The summed E-state index contributed by atoms with van der Waals surface area (Å²) in [6, 6.07) is 19.1. The van der Waals surface area contributed by atoms with Crippen LogP contribution < -0.4 is 5.32 Å². The number of aryl methyl sites for hydroxylation is 1. The molecule has 0 saturated heterocycles. The molecule has 0 saturated carbocycles. The van der Waals surface area contributed by atoms with E-state index in [9.17, 15) is 0 Å². The van der Waals surface area contributed by atoms with Gasteiger partial charge < -0.3 is 9.88 Å². The van der Waals surface area contributed by atoms with Crippen molar-refractivity contribution in [2.75, 3.05) is 0 Å². The Kier molecular flexibility index (Phi) is 3.29. The topological polar surface area (TPSA) is 17.0 Å². The van der Waals surface area contributed by atoms with Crippen LogP contribution in [0, 0.1) is 6.92 Å². The van der Waals surface area contributed by atoms with Gasteiger partial charge in [-0.1, -0.05) is 35.9 Å². The molecule has 0 amide bonds. The van der Waals surface area contributed by atoms with Crippen LogP contribution in [-0.2, 0) is 6.54 Å². The lowest BCUT2D eigenvalue weighted by molar-refractivity contribution is 0.600. The van der Waals surface area contributed by atoms with Crippen molar-refractivity contribution < 1.29 is 0 Å². The third-order valence-corrected chi connectivity index (χ3v) is 4.66. The molecule has 0 spiro atoms. The number of nitrogens with one attached hydrogen (secondary N) is 1. The molecule has 1 aliphatic heterocycles. The predicted molar refractivity (Wildman–Crippen MR) is 90.6 cm³/mol. The second-order valence-electron chi connectivity index (χ2n) is 5.74. The Balaban J connectivity index is 1.87. The van der Waals surface area contributed by atoms with Gasteiger partial charge in [-0.2, -0.15) is 0 Å². The second-order valence-corrected chi connectivity index (χ2v) is 6.18. The molecule has 2 nitrogen and oxygen atoms in total. The third kappa shape index (κ3) is 2.16. The Hall–Kier alpha value is -2.03. The summed E-state index contributed by atoms with van der Waals surface area (Å²) in [5.41, 5.74) is 6.43. The van der Waals surface area contributed by atoms with E-state index in [1.165, 1.54) is 28.1 Å².